The number of H-pyrrole nitrogens is 1. The van der Waals surface area contributed by atoms with E-state index in [1.165, 1.54) is 12.0 Å². The Morgan fingerprint density at radius 3 is 2.83 bits per heavy atom. The third-order valence-electron chi connectivity index (χ3n) is 3.78. The van der Waals surface area contributed by atoms with Gasteiger partial charge in [-0.25, -0.2) is 0 Å². The molecular weight excluding hydrogens is 296 g/mol. The number of fused-ring (bicyclic) bond motifs is 1. The fourth-order valence-corrected chi connectivity index (χ4v) is 2.56. The molecule has 6 heteroatoms. The number of rotatable bonds is 8. The Morgan fingerprint density at radius 2 is 2.13 bits per heavy atom. The van der Waals surface area contributed by atoms with Crippen molar-refractivity contribution in [3.05, 3.63) is 35.5 Å². The summed E-state index contributed by atoms with van der Waals surface area (Å²) in [6.45, 7) is 2.34. The van der Waals surface area contributed by atoms with Crippen LogP contribution in [0.2, 0.25) is 0 Å². The van der Waals surface area contributed by atoms with E-state index in [1.54, 1.807) is 0 Å². The summed E-state index contributed by atoms with van der Waals surface area (Å²) in [5.74, 6) is -1.19. The zero-order chi connectivity index (χ0) is 16.8. The molecule has 1 aromatic carbocycles. The minimum absolute atomic E-state index is 0.175. The molecule has 0 saturated carbocycles. The number of hydrogen-bond acceptors (Lipinski definition) is 3. The van der Waals surface area contributed by atoms with Crippen molar-refractivity contribution in [3.63, 3.8) is 0 Å². The van der Waals surface area contributed by atoms with E-state index in [0.29, 0.717) is 13.0 Å². The standard InChI is InChI=1S/C17H22N2O4/c1-12-3-5-15-14(9-12)13(10-18-15)4-6-16(20)19(7-8-23-2)11-17(21)22/h3,5,9-10,18H,4,6-8,11H2,1-2H3,(H,21,22). The fourth-order valence-electron chi connectivity index (χ4n) is 2.56. The van der Waals surface area contributed by atoms with E-state index in [-0.39, 0.29) is 25.4 Å². The first-order valence-electron chi connectivity index (χ1n) is 7.56. The minimum Gasteiger partial charge on any atom is -0.480 e. The number of amides is 1. The Kier molecular flexibility index (Phi) is 5.76. The molecule has 0 fully saturated rings. The molecule has 0 aliphatic rings. The van der Waals surface area contributed by atoms with Gasteiger partial charge < -0.3 is 19.7 Å². The molecule has 124 valence electrons. The molecule has 0 bridgehead atoms. The molecular formula is C17H22N2O4. The van der Waals surface area contributed by atoms with E-state index in [9.17, 15) is 9.59 Å². The van der Waals surface area contributed by atoms with Crippen LogP contribution in [-0.2, 0) is 20.7 Å². The topological polar surface area (TPSA) is 82.6 Å². The van der Waals surface area contributed by atoms with Crippen LogP contribution in [0.25, 0.3) is 10.9 Å². The number of ether oxygens (including phenoxy) is 1. The summed E-state index contributed by atoms with van der Waals surface area (Å²) in [7, 11) is 1.53. The lowest BCUT2D eigenvalue weighted by atomic mass is 10.1. The number of aromatic nitrogens is 1. The predicted octanol–water partition coefficient (Wildman–Crippen LogP) is 1.97. The lowest BCUT2D eigenvalue weighted by Gasteiger charge is -2.20. The summed E-state index contributed by atoms with van der Waals surface area (Å²) in [6.07, 6.45) is 2.76. The van der Waals surface area contributed by atoms with Crippen LogP contribution in [0.4, 0.5) is 0 Å². The Hall–Kier alpha value is -2.34. The zero-order valence-electron chi connectivity index (χ0n) is 13.5. The molecule has 0 unspecified atom stereocenters. The highest BCUT2D eigenvalue weighted by Gasteiger charge is 2.17. The number of aryl methyl sites for hydroxylation is 2. The van der Waals surface area contributed by atoms with Crippen LogP contribution in [0.15, 0.2) is 24.4 Å². The van der Waals surface area contributed by atoms with Crippen molar-refractivity contribution < 1.29 is 19.4 Å². The van der Waals surface area contributed by atoms with E-state index < -0.39 is 5.97 Å². The highest BCUT2D eigenvalue weighted by atomic mass is 16.5. The maximum atomic E-state index is 12.3. The number of aliphatic carboxylic acids is 1. The van der Waals surface area contributed by atoms with E-state index in [1.807, 2.05) is 25.3 Å². The first-order valence-corrected chi connectivity index (χ1v) is 7.56. The van der Waals surface area contributed by atoms with Crippen molar-refractivity contribution in [2.24, 2.45) is 0 Å². The van der Waals surface area contributed by atoms with Gasteiger partial charge in [0.25, 0.3) is 0 Å². The van der Waals surface area contributed by atoms with Gasteiger partial charge in [-0.3, -0.25) is 9.59 Å². The van der Waals surface area contributed by atoms with Crippen LogP contribution in [0, 0.1) is 6.92 Å². The second-order valence-corrected chi connectivity index (χ2v) is 5.56. The SMILES string of the molecule is COCCN(CC(=O)O)C(=O)CCc1c[nH]c2ccc(C)cc12. The lowest BCUT2D eigenvalue weighted by molar-refractivity contribution is -0.144. The van der Waals surface area contributed by atoms with E-state index in [0.717, 1.165) is 22.0 Å². The van der Waals surface area contributed by atoms with Crippen LogP contribution in [0.3, 0.4) is 0 Å². The molecule has 0 radical (unpaired) electrons. The molecule has 6 nitrogen and oxygen atoms in total. The maximum Gasteiger partial charge on any atom is 0.323 e. The Balaban J connectivity index is 2.03. The summed E-state index contributed by atoms with van der Waals surface area (Å²) >= 11 is 0. The average Bonchev–Trinajstić information content (AvgIpc) is 2.91. The van der Waals surface area contributed by atoms with Gasteiger partial charge in [0, 0.05) is 37.2 Å². The van der Waals surface area contributed by atoms with Crippen LogP contribution in [0.5, 0.6) is 0 Å². The van der Waals surface area contributed by atoms with Gasteiger partial charge in [0.1, 0.15) is 6.54 Å². The van der Waals surface area contributed by atoms with Crippen molar-refractivity contribution in [1.29, 1.82) is 0 Å². The molecule has 1 aromatic heterocycles. The number of benzene rings is 1. The summed E-state index contributed by atoms with van der Waals surface area (Å²) in [6, 6.07) is 6.14. The number of aromatic amines is 1. The largest absolute Gasteiger partial charge is 0.480 e. The van der Waals surface area contributed by atoms with Crippen molar-refractivity contribution in [1.82, 2.24) is 9.88 Å². The highest BCUT2D eigenvalue weighted by Crippen LogP contribution is 2.21. The van der Waals surface area contributed by atoms with Gasteiger partial charge in [-0.15, -0.1) is 0 Å². The molecule has 1 heterocycles. The maximum absolute atomic E-state index is 12.3. The Labute approximate surface area is 135 Å². The molecule has 0 aliphatic carbocycles. The van der Waals surface area contributed by atoms with Crippen molar-refractivity contribution in [2.75, 3.05) is 26.8 Å². The van der Waals surface area contributed by atoms with Crippen molar-refractivity contribution in [3.8, 4) is 0 Å². The van der Waals surface area contributed by atoms with Crippen molar-refractivity contribution in [2.45, 2.75) is 19.8 Å². The monoisotopic (exact) mass is 318 g/mol. The van der Waals surface area contributed by atoms with Gasteiger partial charge in [-0.1, -0.05) is 11.6 Å². The first-order chi connectivity index (χ1) is 11.0. The Bertz CT molecular complexity index is 693. The molecule has 2 rings (SSSR count). The lowest BCUT2D eigenvalue weighted by Crippen LogP contribution is -2.38. The van der Waals surface area contributed by atoms with E-state index >= 15 is 0 Å². The fraction of sp³-hybridized carbons (Fsp3) is 0.412. The summed E-state index contributed by atoms with van der Waals surface area (Å²) in [5.41, 5.74) is 3.27. The van der Waals surface area contributed by atoms with Crippen LogP contribution in [-0.4, -0.2) is 53.7 Å². The molecule has 0 atom stereocenters. The number of hydrogen-bond donors (Lipinski definition) is 2. The van der Waals surface area contributed by atoms with E-state index in [2.05, 4.69) is 11.1 Å². The smallest absolute Gasteiger partial charge is 0.323 e. The van der Waals surface area contributed by atoms with Crippen LogP contribution < -0.4 is 0 Å². The average molecular weight is 318 g/mol. The second kappa shape index (κ2) is 7.78. The van der Waals surface area contributed by atoms with E-state index in [4.69, 9.17) is 9.84 Å². The molecule has 1 amide bonds. The number of carboxylic acids is 1. The normalized spacial score (nSPS) is 10.9. The second-order valence-electron chi connectivity index (χ2n) is 5.56. The van der Waals surface area contributed by atoms with Gasteiger partial charge >= 0.3 is 5.97 Å². The molecule has 0 aliphatic heterocycles. The van der Waals surface area contributed by atoms with Gasteiger partial charge in [0.05, 0.1) is 6.61 Å². The number of nitrogens with one attached hydrogen (secondary N) is 1. The number of carbonyl (C=O) groups excluding carboxylic acids is 1. The number of carboxylic acid groups (broad SMARTS) is 1. The van der Waals surface area contributed by atoms with Crippen LogP contribution >= 0.6 is 0 Å². The van der Waals surface area contributed by atoms with Gasteiger partial charge in [0.2, 0.25) is 5.91 Å². The third kappa shape index (κ3) is 4.56. The minimum atomic E-state index is -1.02. The summed E-state index contributed by atoms with van der Waals surface area (Å²) < 4.78 is 4.93. The molecule has 0 saturated heterocycles. The first kappa shape index (κ1) is 17.0. The zero-order valence-corrected chi connectivity index (χ0v) is 13.5. The molecule has 2 aromatic rings. The molecule has 23 heavy (non-hydrogen) atoms. The quantitative estimate of drug-likeness (QED) is 0.779. The Morgan fingerprint density at radius 1 is 1.35 bits per heavy atom. The third-order valence-corrected chi connectivity index (χ3v) is 3.78. The summed E-state index contributed by atoms with van der Waals surface area (Å²) in [4.78, 5) is 27.7. The van der Waals surface area contributed by atoms with Gasteiger partial charge in [-0.2, -0.15) is 0 Å². The van der Waals surface area contributed by atoms with Gasteiger partial charge in [-0.05, 0) is 31.0 Å². The number of methoxy groups -OCH3 is 1. The highest BCUT2D eigenvalue weighted by molar-refractivity contribution is 5.85. The van der Waals surface area contributed by atoms with Crippen molar-refractivity contribution >= 4 is 22.8 Å². The number of nitrogens with zero attached hydrogens (tertiary/aromatic N) is 1. The van der Waals surface area contributed by atoms with Gasteiger partial charge in [0.15, 0.2) is 0 Å². The molecule has 2 N–H and O–H groups in total. The molecule has 0 spiro atoms. The number of carbonyl (C=O) groups is 2. The summed E-state index contributed by atoms with van der Waals surface area (Å²) in [5, 5.41) is 10.0. The predicted molar refractivity (Wildman–Crippen MR) is 87.4 cm³/mol. The van der Waals surface area contributed by atoms with Crippen LogP contribution in [0.1, 0.15) is 17.5 Å².